The zero-order valence-electron chi connectivity index (χ0n) is 11.4. The lowest BCUT2D eigenvalue weighted by Gasteiger charge is -2.35. The van der Waals surface area contributed by atoms with Crippen molar-refractivity contribution in [3.63, 3.8) is 0 Å². The summed E-state index contributed by atoms with van der Waals surface area (Å²) < 4.78 is 47.6. The standard InChI is InChI=1S/C13H17BrF2N2O2S/c14-5-6-17-7-9-18(10-8-17)11-1-3-12(4-2-11)21(19,20)13(15)16/h1-4,13H,5-10H2. The second kappa shape index (κ2) is 7.02. The molecule has 0 unspecified atom stereocenters. The maximum atomic E-state index is 12.5. The molecule has 21 heavy (non-hydrogen) atoms. The van der Waals surface area contributed by atoms with Gasteiger partial charge < -0.3 is 4.90 Å². The topological polar surface area (TPSA) is 40.6 Å². The van der Waals surface area contributed by atoms with Gasteiger partial charge in [-0.1, -0.05) is 15.9 Å². The van der Waals surface area contributed by atoms with E-state index >= 15 is 0 Å². The second-order valence-corrected chi connectivity index (χ2v) is 7.53. The first-order chi connectivity index (χ1) is 9.95. The van der Waals surface area contributed by atoms with Crippen LogP contribution in [0.3, 0.4) is 0 Å². The van der Waals surface area contributed by atoms with Gasteiger partial charge in [-0.3, -0.25) is 4.90 Å². The highest BCUT2D eigenvalue weighted by atomic mass is 79.9. The first-order valence-electron chi connectivity index (χ1n) is 6.60. The molecule has 1 aliphatic rings. The summed E-state index contributed by atoms with van der Waals surface area (Å²) in [4.78, 5) is 4.13. The van der Waals surface area contributed by atoms with Crippen molar-refractivity contribution in [1.29, 1.82) is 0 Å². The lowest BCUT2D eigenvalue weighted by molar-refractivity contribution is 0.234. The van der Waals surface area contributed by atoms with E-state index in [1.165, 1.54) is 12.1 Å². The molecule has 2 rings (SSSR count). The summed E-state index contributed by atoms with van der Waals surface area (Å²) in [6, 6.07) is 5.69. The molecule has 1 aliphatic heterocycles. The van der Waals surface area contributed by atoms with Crippen LogP contribution in [0, 0.1) is 0 Å². The lowest BCUT2D eigenvalue weighted by atomic mass is 10.2. The fraction of sp³-hybridized carbons (Fsp3) is 0.538. The Kier molecular flexibility index (Phi) is 5.56. The van der Waals surface area contributed by atoms with E-state index in [0.717, 1.165) is 43.7 Å². The van der Waals surface area contributed by atoms with Gasteiger partial charge >= 0.3 is 5.76 Å². The minimum absolute atomic E-state index is 0.334. The third kappa shape index (κ3) is 3.92. The highest BCUT2D eigenvalue weighted by Gasteiger charge is 2.26. The molecular formula is C13H17BrF2N2O2S. The van der Waals surface area contributed by atoms with Crippen molar-refractivity contribution < 1.29 is 17.2 Å². The van der Waals surface area contributed by atoms with E-state index in [1.54, 1.807) is 12.1 Å². The van der Waals surface area contributed by atoms with Gasteiger partial charge in [-0.05, 0) is 24.3 Å². The average Bonchev–Trinajstić information content (AvgIpc) is 2.48. The molecule has 0 spiro atoms. The maximum absolute atomic E-state index is 12.5. The van der Waals surface area contributed by atoms with Gasteiger partial charge in [0, 0.05) is 43.7 Å². The Balaban J connectivity index is 2.04. The Labute approximate surface area is 131 Å². The van der Waals surface area contributed by atoms with Crippen LogP contribution in [0.5, 0.6) is 0 Å². The van der Waals surface area contributed by atoms with Crippen molar-refractivity contribution in [2.75, 3.05) is 43.0 Å². The zero-order valence-corrected chi connectivity index (χ0v) is 13.8. The zero-order chi connectivity index (χ0) is 15.5. The first kappa shape index (κ1) is 16.6. The summed E-state index contributed by atoms with van der Waals surface area (Å²) >= 11 is 3.41. The number of piperazine rings is 1. The molecule has 4 nitrogen and oxygen atoms in total. The van der Waals surface area contributed by atoms with E-state index in [4.69, 9.17) is 0 Å². The minimum Gasteiger partial charge on any atom is -0.369 e. The highest BCUT2D eigenvalue weighted by Crippen LogP contribution is 2.23. The van der Waals surface area contributed by atoms with Crippen molar-refractivity contribution in [2.24, 2.45) is 0 Å². The second-order valence-electron chi connectivity index (χ2n) is 4.82. The Bertz CT molecular complexity index is 558. The third-order valence-corrected chi connectivity index (χ3v) is 5.29. The van der Waals surface area contributed by atoms with Gasteiger partial charge in [-0.25, -0.2) is 8.42 Å². The molecule has 1 aromatic rings. The molecule has 118 valence electrons. The molecule has 1 fully saturated rings. The van der Waals surface area contributed by atoms with Gasteiger partial charge in [0.25, 0.3) is 0 Å². The van der Waals surface area contributed by atoms with Gasteiger partial charge in [0.2, 0.25) is 9.84 Å². The van der Waals surface area contributed by atoms with E-state index < -0.39 is 15.6 Å². The van der Waals surface area contributed by atoms with Crippen LogP contribution in [0.2, 0.25) is 0 Å². The third-order valence-electron chi connectivity index (χ3n) is 3.54. The molecule has 0 bridgehead atoms. The predicted molar refractivity (Wildman–Crippen MR) is 82.1 cm³/mol. The van der Waals surface area contributed by atoms with Crippen LogP contribution in [0.1, 0.15) is 0 Å². The van der Waals surface area contributed by atoms with E-state index in [1.807, 2.05) is 0 Å². The largest absolute Gasteiger partial charge is 0.369 e. The summed E-state index contributed by atoms with van der Waals surface area (Å²) in [5.74, 6) is -3.38. The summed E-state index contributed by atoms with van der Waals surface area (Å²) in [6.45, 7) is 4.55. The van der Waals surface area contributed by atoms with Crippen molar-refractivity contribution >= 4 is 31.5 Å². The molecule has 0 saturated carbocycles. The Morgan fingerprint density at radius 3 is 2.14 bits per heavy atom. The molecule has 0 N–H and O–H groups in total. The van der Waals surface area contributed by atoms with E-state index in [0.29, 0.717) is 0 Å². The van der Waals surface area contributed by atoms with Crippen molar-refractivity contribution in [3.05, 3.63) is 24.3 Å². The maximum Gasteiger partial charge on any atom is 0.341 e. The number of rotatable bonds is 5. The molecule has 8 heteroatoms. The van der Waals surface area contributed by atoms with Crippen molar-refractivity contribution in [1.82, 2.24) is 4.90 Å². The van der Waals surface area contributed by atoms with Crippen LogP contribution >= 0.6 is 15.9 Å². The monoisotopic (exact) mass is 382 g/mol. The van der Waals surface area contributed by atoms with E-state index in [2.05, 4.69) is 25.7 Å². The van der Waals surface area contributed by atoms with Crippen LogP contribution in [0.25, 0.3) is 0 Å². The number of nitrogens with zero attached hydrogens (tertiary/aromatic N) is 2. The number of hydrogen-bond donors (Lipinski definition) is 0. The van der Waals surface area contributed by atoms with Crippen LogP contribution in [0.4, 0.5) is 14.5 Å². The molecule has 0 atom stereocenters. The highest BCUT2D eigenvalue weighted by molar-refractivity contribution is 9.09. The predicted octanol–water partition coefficient (Wildman–Crippen LogP) is 2.20. The van der Waals surface area contributed by atoms with Gasteiger partial charge in [-0.2, -0.15) is 8.78 Å². The Morgan fingerprint density at radius 1 is 1.10 bits per heavy atom. The van der Waals surface area contributed by atoms with Crippen LogP contribution in [-0.4, -0.2) is 57.1 Å². The lowest BCUT2D eigenvalue weighted by Crippen LogP contribution is -2.46. The number of halogens is 3. The SMILES string of the molecule is O=S(=O)(c1ccc(N2CCN(CCBr)CC2)cc1)C(F)F. The van der Waals surface area contributed by atoms with Crippen molar-refractivity contribution in [3.8, 4) is 0 Å². The molecule has 0 radical (unpaired) electrons. The van der Waals surface area contributed by atoms with E-state index in [-0.39, 0.29) is 4.90 Å². The molecular weight excluding hydrogens is 366 g/mol. The normalized spacial score (nSPS) is 17.4. The van der Waals surface area contributed by atoms with Crippen molar-refractivity contribution in [2.45, 2.75) is 10.7 Å². The molecule has 1 saturated heterocycles. The van der Waals surface area contributed by atoms with Crippen LogP contribution in [0.15, 0.2) is 29.2 Å². The summed E-state index contributed by atoms with van der Waals surface area (Å²) in [5, 5.41) is 0.938. The quantitative estimate of drug-likeness (QED) is 0.732. The fourth-order valence-corrected chi connectivity index (χ4v) is 3.52. The summed E-state index contributed by atoms with van der Waals surface area (Å²) in [7, 11) is -4.51. The molecule has 0 aromatic heterocycles. The number of alkyl halides is 3. The summed E-state index contributed by atoms with van der Waals surface area (Å²) in [6.07, 6.45) is 0. The van der Waals surface area contributed by atoms with E-state index in [9.17, 15) is 17.2 Å². The van der Waals surface area contributed by atoms with Gasteiger partial charge in [0.1, 0.15) is 0 Å². The van der Waals surface area contributed by atoms with Crippen LogP contribution < -0.4 is 4.90 Å². The summed E-state index contributed by atoms with van der Waals surface area (Å²) in [5.41, 5.74) is 0.863. The molecule has 1 aromatic carbocycles. The first-order valence-corrected chi connectivity index (χ1v) is 9.27. The fourth-order valence-electron chi connectivity index (χ4n) is 2.30. The molecule has 0 aliphatic carbocycles. The van der Waals surface area contributed by atoms with Gasteiger partial charge in [-0.15, -0.1) is 0 Å². The smallest absolute Gasteiger partial charge is 0.341 e. The number of benzene rings is 1. The average molecular weight is 383 g/mol. The number of sulfone groups is 1. The Hall–Kier alpha value is -0.730. The number of hydrogen-bond acceptors (Lipinski definition) is 4. The molecule has 0 amide bonds. The molecule has 1 heterocycles. The number of anilines is 1. The Morgan fingerprint density at radius 2 is 1.67 bits per heavy atom. The van der Waals surface area contributed by atoms with Crippen LogP contribution in [-0.2, 0) is 9.84 Å². The van der Waals surface area contributed by atoms with Gasteiger partial charge in [0.05, 0.1) is 4.90 Å². The minimum atomic E-state index is -4.51. The van der Waals surface area contributed by atoms with Gasteiger partial charge in [0.15, 0.2) is 0 Å².